The van der Waals surface area contributed by atoms with Crippen molar-refractivity contribution in [1.29, 1.82) is 0 Å². The number of aromatic nitrogens is 4. The first-order chi connectivity index (χ1) is 6.61. The zero-order valence-corrected chi connectivity index (χ0v) is 10.5. The van der Waals surface area contributed by atoms with Gasteiger partial charge in [-0.3, -0.25) is 0 Å². The molecule has 0 aromatic carbocycles. The molecule has 0 fully saturated rings. The molecule has 0 aliphatic carbocycles. The van der Waals surface area contributed by atoms with E-state index in [0.29, 0.717) is 0 Å². The Bertz CT molecular complexity index is 488. The van der Waals surface area contributed by atoms with Gasteiger partial charge in [-0.05, 0) is 9.85 Å². The minimum atomic E-state index is -0.774. The molecule has 0 spiro atoms. The van der Waals surface area contributed by atoms with Gasteiger partial charge in [0.1, 0.15) is 0 Å². The summed E-state index contributed by atoms with van der Waals surface area (Å²) in [7, 11) is 0. The van der Waals surface area contributed by atoms with Gasteiger partial charge >= 0.3 is 63.0 Å². The summed E-state index contributed by atoms with van der Waals surface area (Å²) in [6.07, 6.45) is 0. The van der Waals surface area contributed by atoms with E-state index in [1.165, 1.54) is 0 Å². The van der Waals surface area contributed by atoms with Crippen molar-refractivity contribution < 1.29 is 62.7 Å². The summed E-state index contributed by atoms with van der Waals surface area (Å²) < 4.78 is 0. The van der Waals surface area contributed by atoms with Gasteiger partial charge in [0, 0.05) is 0 Å². The van der Waals surface area contributed by atoms with E-state index < -0.39 is 21.5 Å². The first-order valence-corrected chi connectivity index (χ1v) is 3.32. The number of nitro groups is 2. The molecular weight excluding hydrogens is 235 g/mol. The first-order valence-electron chi connectivity index (χ1n) is 3.32. The van der Waals surface area contributed by atoms with Crippen molar-refractivity contribution in [3.8, 4) is 0 Å². The maximum atomic E-state index is 10.4. The zero-order valence-electron chi connectivity index (χ0n) is 8.42. The van der Waals surface area contributed by atoms with Crippen LogP contribution in [0.4, 0.5) is 11.6 Å². The monoisotopic (exact) mass is 238 g/mol. The summed E-state index contributed by atoms with van der Waals surface area (Å²) in [5, 5.41) is 31.7. The third-order valence-electron chi connectivity index (χ3n) is 1.59. The molecule has 15 heavy (non-hydrogen) atoms. The maximum Gasteiger partial charge on any atom is 1.00 e. The second kappa shape index (κ2) is 4.32. The van der Waals surface area contributed by atoms with Crippen molar-refractivity contribution in [2.24, 2.45) is 0 Å². The molecule has 2 rings (SSSR count). The smallest absolute Gasteiger partial charge is 1.00 e. The van der Waals surface area contributed by atoms with Gasteiger partial charge in [-0.15, -0.1) is 5.10 Å². The molecule has 0 unspecified atom stereocenters. The van der Waals surface area contributed by atoms with Crippen molar-refractivity contribution in [3.05, 3.63) is 20.2 Å². The van der Waals surface area contributed by atoms with E-state index in [9.17, 15) is 20.2 Å². The number of nitrogens with one attached hydrogen (secondary N) is 2. The average Bonchev–Trinajstić information content (AvgIpc) is 2.59. The second-order valence-electron chi connectivity index (χ2n) is 2.36. The van der Waals surface area contributed by atoms with E-state index in [1.807, 2.05) is 0 Å². The fourth-order valence-corrected chi connectivity index (χ4v) is 1.02. The molecule has 2 heterocycles. The molecular formula is C4H3KN6O4. The van der Waals surface area contributed by atoms with E-state index in [1.54, 1.807) is 0 Å². The van der Waals surface area contributed by atoms with Gasteiger partial charge in [0.15, 0.2) is 0 Å². The van der Waals surface area contributed by atoms with Crippen LogP contribution in [0.25, 0.3) is 11.0 Å². The molecule has 0 bridgehead atoms. The zero-order chi connectivity index (χ0) is 10.3. The molecule has 11 heteroatoms. The van der Waals surface area contributed by atoms with Crippen molar-refractivity contribution >= 4 is 22.7 Å². The number of hydrogen-bond acceptors (Lipinski definition) is 6. The first kappa shape index (κ1) is 12.2. The fourth-order valence-electron chi connectivity index (χ4n) is 1.02. The number of nitrogens with zero attached hydrogens (tertiary/aromatic N) is 4. The van der Waals surface area contributed by atoms with Crippen LogP contribution in [0.1, 0.15) is 1.43 Å². The van der Waals surface area contributed by atoms with Gasteiger partial charge in [-0.25, -0.2) is 0 Å². The van der Waals surface area contributed by atoms with Crippen LogP contribution >= 0.6 is 0 Å². The number of H-pyrrole nitrogens is 2. The van der Waals surface area contributed by atoms with Gasteiger partial charge in [-0.1, -0.05) is 5.10 Å². The molecule has 2 aromatic heterocycles. The molecule has 74 valence electrons. The molecule has 0 aliphatic heterocycles. The van der Waals surface area contributed by atoms with Crippen molar-refractivity contribution in [3.63, 3.8) is 0 Å². The topological polar surface area (TPSA) is 144 Å². The van der Waals surface area contributed by atoms with Crippen LogP contribution in [-0.2, 0) is 0 Å². The fraction of sp³-hybridized carbons (Fsp3) is 0. The Hall–Kier alpha value is -0.884. The van der Waals surface area contributed by atoms with Gasteiger partial charge in [-0.2, -0.15) is 5.10 Å². The van der Waals surface area contributed by atoms with Gasteiger partial charge in [0.25, 0.3) is 0 Å². The summed E-state index contributed by atoms with van der Waals surface area (Å²) in [6.45, 7) is 0. The van der Waals surface area contributed by atoms with E-state index in [2.05, 4.69) is 20.4 Å². The Morgan fingerprint density at radius 3 is 2.33 bits per heavy atom. The quantitative estimate of drug-likeness (QED) is 0.329. The Morgan fingerprint density at radius 2 is 1.80 bits per heavy atom. The van der Waals surface area contributed by atoms with Crippen LogP contribution in [0.15, 0.2) is 0 Å². The van der Waals surface area contributed by atoms with E-state index in [4.69, 9.17) is 0 Å². The SMILES string of the molecule is O=[N+]([O-])c1n[nH]c2c([N+](=O)[O-])[nH]nc12.[H-].[K+]. The van der Waals surface area contributed by atoms with E-state index in [-0.39, 0.29) is 63.8 Å². The van der Waals surface area contributed by atoms with Crippen LogP contribution in [-0.4, -0.2) is 30.2 Å². The van der Waals surface area contributed by atoms with Crippen molar-refractivity contribution in [2.45, 2.75) is 0 Å². The molecule has 2 N–H and O–H groups in total. The molecule has 0 radical (unpaired) electrons. The van der Waals surface area contributed by atoms with Crippen LogP contribution in [0.2, 0.25) is 0 Å². The van der Waals surface area contributed by atoms with E-state index in [0.717, 1.165) is 0 Å². The van der Waals surface area contributed by atoms with Gasteiger partial charge in [0.2, 0.25) is 11.0 Å². The minimum absolute atomic E-state index is 0. The van der Waals surface area contributed by atoms with Crippen LogP contribution in [0, 0.1) is 20.2 Å². The Balaban J connectivity index is 0.00000112. The molecule has 0 aliphatic rings. The molecule has 0 saturated carbocycles. The summed E-state index contributed by atoms with van der Waals surface area (Å²) in [4.78, 5) is 19.2. The second-order valence-corrected chi connectivity index (χ2v) is 2.36. The summed E-state index contributed by atoms with van der Waals surface area (Å²) in [5.41, 5.74) is -0.233. The third kappa shape index (κ3) is 1.91. The molecule has 0 amide bonds. The maximum absolute atomic E-state index is 10.4. The number of hydrogen-bond donors (Lipinski definition) is 2. The van der Waals surface area contributed by atoms with Gasteiger partial charge in [0.05, 0.1) is 5.10 Å². The number of rotatable bonds is 2. The normalized spacial score (nSPS) is 9.87. The largest absolute Gasteiger partial charge is 1.00 e. The Labute approximate surface area is 125 Å². The Morgan fingerprint density at radius 1 is 1.13 bits per heavy atom. The van der Waals surface area contributed by atoms with E-state index >= 15 is 0 Å². The molecule has 0 atom stereocenters. The predicted octanol–water partition coefficient (Wildman–Crippen LogP) is -2.78. The van der Waals surface area contributed by atoms with Crippen LogP contribution in [0.5, 0.6) is 0 Å². The number of fused-ring (bicyclic) bond motifs is 1. The van der Waals surface area contributed by atoms with Gasteiger partial charge < -0.3 is 21.7 Å². The van der Waals surface area contributed by atoms with Crippen molar-refractivity contribution in [2.75, 3.05) is 0 Å². The predicted molar refractivity (Wildman–Crippen MR) is 42.7 cm³/mol. The van der Waals surface area contributed by atoms with Crippen LogP contribution < -0.4 is 51.4 Å². The van der Waals surface area contributed by atoms with Crippen LogP contribution in [0.3, 0.4) is 0 Å². The summed E-state index contributed by atoms with van der Waals surface area (Å²) in [5.74, 6) is -0.982. The Kier molecular flexibility index (Phi) is 3.51. The minimum Gasteiger partial charge on any atom is -1.00 e. The molecule has 10 nitrogen and oxygen atoms in total. The molecule has 2 aromatic rings. The summed E-state index contributed by atoms with van der Waals surface area (Å²) >= 11 is 0. The van der Waals surface area contributed by atoms with Crippen molar-refractivity contribution in [1.82, 2.24) is 20.4 Å². The average molecular weight is 238 g/mol. The number of aromatic amines is 2. The molecule has 0 saturated heterocycles. The standard InChI is InChI=1S/C4H2N6O4.K.H/c11-9(12)3-1-2(6-7-3)4(8-5-1)10(13)14;;/h(H,5,8)(H,6,7);;/q;+1;-1. The third-order valence-corrected chi connectivity index (χ3v) is 1.59. The summed E-state index contributed by atoms with van der Waals surface area (Å²) in [6, 6.07) is 0.